The van der Waals surface area contributed by atoms with Gasteiger partial charge in [0.1, 0.15) is 9.94 Å². The van der Waals surface area contributed by atoms with E-state index < -0.39 is 0 Å². The van der Waals surface area contributed by atoms with Crippen LogP contribution in [0.15, 0.2) is 39.1 Å². The van der Waals surface area contributed by atoms with Crippen molar-refractivity contribution in [1.82, 2.24) is 5.32 Å². The van der Waals surface area contributed by atoms with Gasteiger partial charge in [-0.1, -0.05) is 35.5 Å². The number of amides is 2. The molecular formula is C20H21ClN2O2S. The minimum Gasteiger partial charge on any atom is -0.348 e. The maximum Gasteiger partial charge on any atom is 0.264 e. The lowest BCUT2D eigenvalue weighted by Gasteiger charge is -2.54. The smallest absolute Gasteiger partial charge is 0.264 e. The molecule has 4 saturated carbocycles. The summed E-state index contributed by atoms with van der Waals surface area (Å²) in [6.07, 6.45) is 6.31. The van der Waals surface area contributed by atoms with E-state index in [4.69, 9.17) is 11.6 Å². The number of benzene rings is 1. The molecule has 1 aliphatic heterocycles. The van der Waals surface area contributed by atoms with Gasteiger partial charge < -0.3 is 10.6 Å². The Morgan fingerprint density at radius 1 is 1.08 bits per heavy atom. The summed E-state index contributed by atoms with van der Waals surface area (Å²) in [4.78, 5) is 26.4. The second-order valence-corrected chi connectivity index (χ2v) is 9.56. The number of carbonyl (C=O) groups excluding carboxylic acids is 2. The van der Waals surface area contributed by atoms with Crippen LogP contribution in [0.3, 0.4) is 0 Å². The third kappa shape index (κ3) is 2.76. The molecule has 1 heterocycles. The fourth-order valence-electron chi connectivity index (χ4n) is 5.62. The van der Waals surface area contributed by atoms with Gasteiger partial charge in [-0.3, -0.25) is 9.59 Å². The Kier molecular flexibility index (Phi) is 4.05. The van der Waals surface area contributed by atoms with Crippen LogP contribution in [0.2, 0.25) is 0 Å². The van der Waals surface area contributed by atoms with Gasteiger partial charge in [0.15, 0.2) is 0 Å². The van der Waals surface area contributed by atoms with Crippen LogP contribution < -0.4 is 10.6 Å². The molecule has 6 rings (SSSR count). The minimum absolute atomic E-state index is 0.0100. The molecule has 2 amide bonds. The zero-order valence-corrected chi connectivity index (χ0v) is 15.9. The average Bonchev–Trinajstić information content (AvgIpc) is 2.62. The van der Waals surface area contributed by atoms with E-state index in [1.165, 1.54) is 43.9 Å². The van der Waals surface area contributed by atoms with E-state index in [2.05, 4.69) is 10.6 Å². The molecule has 0 radical (unpaired) electrons. The zero-order chi connectivity index (χ0) is 17.8. The molecule has 2 N–H and O–H groups in total. The number of hydrogen-bond acceptors (Lipinski definition) is 3. The van der Waals surface area contributed by atoms with E-state index >= 15 is 0 Å². The molecule has 0 aromatic heterocycles. The summed E-state index contributed by atoms with van der Waals surface area (Å²) < 4.78 is 0. The highest BCUT2D eigenvalue weighted by Crippen LogP contribution is 2.53. The van der Waals surface area contributed by atoms with E-state index in [1.807, 2.05) is 24.3 Å². The highest BCUT2D eigenvalue weighted by atomic mass is 35.5. The molecule has 5 aliphatic rings. The predicted octanol–water partition coefficient (Wildman–Crippen LogP) is 4.12. The Balaban J connectivity index is 1.35. The highest BCUT2D eigenvalue weighted by Gasteiger charge is 2.48. The van der Waals surface area contributed by atoms with Crippen LogP contribution in [0, 0.1) is 23.7 Å². The lowest BCUT2D eigenvalue weighted by Crippen LogP contribution is -2.56. The first kappa shape index (κ1) is 16.7. The quantitative estimate of drug-likeness (QED) is 0.749. The molecule has 26 heavy (non-hydrogen) atoms. The van der Waals surface area contributed by atoms with Gasteiger partial charge in [0.2, 0.25) is 0 Å². The van der Waals surface area contributed by atoms with Crippen LogP contribution in [0.4, 0.5) is 5.69 Å². The predicted molar refractivity (Wildman–Crippen MR) is 103 cm³/mol. The zero-order valence-electron chi connectivity index (χ0n) is 14.3. The van der Waals surface area contributed by atoms with Gasteiger partial charge >= 0.3 is 0 Å². The molecule has 0 saturated heterocycles. The van der Waals surface area contributed by atoms with Gasteiger partial charge in [-0.25, -0.2) is 0 Å². The normalized spacial score (nSPS) is 36.3. The minimum atomic E-state index is -0.307. The molecule has 0 spiro atoms. The van der Waals surface area contributed by atoms with Gasteiger partial charge in [0, 0.05) is 10.9 Å². The number of halogens is 1. The number of carbonyl (C=O) groups is 2. The van der Waals surface area contributed by atoms with Gasteiger partial charge in [0.25, 0.3) is 11.8 Å². The largest absolute Gasteiger partial charge is 0.348 e. The number of anilines is 1. The van der Waals surface area contributed by atoms with E-state index in [0.717, 1.165) is 22.4 Å². The SMILES string of the molecule is O=C(NC1C2CC3CC(C2)CC1C3)/C(Cl)=C1/Sc2ccccc2NC1=O. The van der Waals surface area contributed by atoms with Crippen LogP contribution in [0.25, 0.3) is 0 Å². The highest BCUT2D eigenvalue weighted by molar-refractivity contribution is 8.04. The molecule has 136 valence electrons. The summed E-state index contributed by atoms with van der Waals surface area (Å²) in [5.41, 5.74) is 0.761. The number of rotatable bonds is 2. The summed E-state index contributed by atoms with van der Waals surface area (Å²) in [7, 11) is 0. The molecule has 0 unspecified atom stereocenters. The van der Waals surface area contributed by atoms with Crippen molar-refractivity contribution in [2.45, 2.75) is 43.0 Å². The van der Waals surface area contributed by atoms with E-state index in [0.29, 0.717) is 11.8 Å². The molecule has 1 aromatic carbocycles. The summed E-state index contributed by atoms with van der Waals surface area (Å²) in [5.74, 6) is 2.27. The summed E-state index contributed by atoms with van der Waals surface area (Å²) in [6, 6.07) is 7.76. The number of nitrogens with one attached hydrogen (secondary N) is 2. The second-order valence-electron chi connectivity index (χ2n) is 8.13. The van der Waals surface area contributed by atoms with Crippen molar-refractivity contribution in [3.8, 4) is 0 Å². The number of hydrogen-bond donors (Lipinski definition) is 2. The van der Waals surface area contributed by atoms with E-state index in [-0.39, 0.29) is 27.8 Å². The molecule has 6 heteroatoms. The summed E-state index contributed by atoms with van der Waals surface area (Å²) in [6.45, 7) is 0. The first-order valence-electron chi connectivity index (χ1n) is 9.37. The Bertz CT molecular complexity index is 794. The third-order valence-corrected chi connectivity index (χ3v) is 8.12. The van der Waals surface area contributed by atoms with Crippen molar-refractivity contribution in [2.75, 3.05) is 5.32 Å². The second kappa shape index (κ2) is 6.31. The topological polar surface area (TPSA) is 58.2 Å². The maximum absolute atomic E-state index is 12.8. The van der Waals surface area contributed by atoms with Crippen LogP contribution in [0.1, 0.15) is 32.1 Å². The van der Waals surface area contributed by atoms with Gasteiger partial charge in [0.05, 0.1) is 5.69 Å². The standard InChI is InChI=1S/C20H21ClN2O2S/c21-16(18-20(25)22-14-3-1-2-4-15(14)26-18)19(24)23-17-12-6-10-5-11(8-12)9-13(17)7-10/h1-4,10-13,17H,5-9H2,(H,22,25)(H,23,24)/b18-16-. The number of thioether (sulfide) groups is 1. The van der Waals surface area contributed by atoms with Crippen LogP contribution in [-0.4, -0.2) is 17.9 Å². The van der Waals surface area contributed by atoms with Gasteiger partial charge in [-0.15, -0.1) is 0 Å². The Labute approximate surface area is 162 Å². The molecular weight excluding hydrogens is 368 g/mol. The molecule has 4 bridgehead atoms. The fraction of sp³-hybridized carbons (Fsp3) is 0.500. The van der Waals surface area contributed by atoms with Crippen molar-refractivity contribution < 1.29 is 9.59 Å². The maximum atomic E-state index is 12.8. The Morgan fingerprint density at radius 3 is 2.42 bits per heavy atom. The van der Waals surface area contributed by atoms with Gasteiger partial charge in [-0.2, -0.15) is 0 Å². The van der Waals surface area contributed by atoms with Crippen molar-refractivity contribution in [1.29, 1.82) is 0 Å². The molecule has 1 aromatic rings. The fourth-order valence-corrected chi connectivity index (χ4v) is 6.80. The Hall–Kier alpha value is -1.46. The van der Waals surface area contributed by atoms with Crippen LogP contribution in [-0.2, 0) is 9.59 Å². The van der Waals surface area contributed by atoms with Crippen molar-refractivity contribution >= 4 is 40.9 Å². The summed E-state index contributed by atoms with van der Waals surface area (Å²) in [5, 5.41) is 6.01. The number of fused-ring (bicyclic) bond motifs is 1. The first-order valence-corrected chi connectivity index (χ1v) is 10.6. The lowest BCUT2D eigenvalue weighted by molar-refractivity contribution is -0.121. The van der Waals surface area contributed by atoms with E-state index in [1.54, 1.807) is 0 Å². The van der Waals surface area contributed by atoms with Gasteiger partial charge in [-0.05, 0) is 67.9 Å². The van der Waals surface area contributed by atoms with Crippen LogP contribution in [0.5, 0.6) is 0 Å². The number of para-hydroxylation sites is 1. The lowest BCUT2D eigenvalue weighted by atomic mass is 9.54. The molecule has 0 atom stereocenters. The molecule has 4 nitrogen and oxygen atoms in total. The molecule has 4 aliphatic carbocycles. The van der Waals surface area contributed by atoms with Crippen molar-refractivity contribution in [3.63, 3.8) is 0 Å². The molecule has 4 fully saturated rings. The Morgan fingerprint density at radius 2 is 1.73 bits per heavy atom. The average molecular weight is 389 g/mol. The third-order valence-electron chi connectivity index (χ3n) is 6.48. The van der Waals surface area contributed by atoms with E-state index in [9.17, 15) is 9.59 Å². The van der Waals surface area contributed by atoms with Crippen molar-refractivity contribution in [3.05, 3.63) is 34.2 Å². The monoisotopic (exact) mass is 388 g/mol. The van der Waals surface area contributed by atoms with Crippen molar-refractivity contribution in [2.24, 2.45) is 23.7 Å². The first-order chi connectivity index (χ1) is 12.6. The summed E-state index contributed by atoms with van der Waals surface area (Å²) >= 11 is 7.64. The van der Waals surface area contributed by atoms with Crippen LogP contribution >= 0.6 is 23.4 Å².